The van der Waals surface area contributed by atoms with Crippen molar-refractivity contribution in [2.75, 3.05) is 31.1 Å². The number of halogens is 4. The summed E-state index contributed by atoms with van der Waals surface area (Å²) in [5, 5.41) is 0. The van der Waals surface area contributed by atoms with E-state index in [-0.39, 0.29) is 18.3 Å². The minimum atomic E-state index is -4.43. The summed E-state index contributed by atoms with van der Waals surface area (Å²) < 4.78 is 57.4. The van der Waals surface area contributed by atoms with E-state index in [1.165, 1.54) is 18.2 Å². The molecule has 1 aliphatic rings. The predicted octanol–water partition coefficient (Wildman–Crippen LogP) is 5.17. The number of aromatic nitrogens is 1. The van der Waals surface area contributed by atoms with Gasteiger partial charge in [-0.05, 0) is 48.4 Å². The van der Waals surface area contributed by atoms with E-state index in [9.17, 15) is 22.4 Å². The molecule has 2 aromatic carbocycles. The fourth-order valence-corrected chi connectivity index (χ4v) is 3.77. The number of amides is 1. The van der Waals surface area contributed by atoms with Crippen molar-refractivity contribution in [1.82, 2.24) is 9.88 Å². The molecule has 0 atom stereocenters. The van der Waals surface area contributed by atoms with Gasteiger partial charge < -0.3 is 14.5 Å². The molecule has 0 spiro atoms. The van der Waals surface area contributed by atoms with Crippen molar-refractivity contribution in [3.63, 3.8) is 0 Å². The topological polar surface area (TPSA) is 45.7 Å². The SMILES string of the molecule is O=C(c1ccccc1OCc1ccc(F)cc1)N1CCCN(c2ccc(C(F)(F)F)cn2)CC1. The summed E-state index contributed by atoms with van der Waals surface area (Å²) >= 11 is 0. The average Bonchev–Trinajstić information content (AvgIpc) is 3.09. The van der Waals surface area contributed by atoms with E-state index < -0.39 is 11.7 Å². The number of nitrogens with zero attached hydrogens (tertiary/aromatic N) is 3. The van der Waals surface area contributed by atoms with E-state index in [0.29, 0.717) is 49.7 Å². The third kappa shape index (κ3) is 5.65. The maximum atomic E-state index is 13.3. The lowest BCUT2D eigenvalue weighted by Crippen LogP contribution is -2.35. The van der Waals surface area contributed by atoms with Gasteiger partial charge in [0.2, 0.25) is 0 Å². The molecular formula is C25H23F4N3O2. The summed E-state index contributed by atoms with van der Waals surface area (Å²) in [5.74, 6) is 0.366. The molecule has 0 N–H and O–H groups in total. The molecule has 0 aliphatic carbocycles. The van der Waals surface area contributed by atoms with Crippen molar-refractivity contribution < 1.29 is 27.1 Å². The molecule has 1 saturated heterocycles. The number of alkyl halides is 3. The first-order chi connectivity index (χ1) is 16.3. The molecular weight excluding hydrogens is 450 g/mol. The number of para-hydroxylation sites is 1. The standard InChI is InChI=1S/C25H23F4N3O2/c26-20-9-6-18(7-10-20)17-34-22-5-2-1-4-21(22)24(33)32-13-3-12-31(14-15-32)23-11-8-19(16-30-23)25(27,28)29/h1-2,4-11,16H,3,12-15,17H2. The van der Waals surface area contributed by atoms with Gasteiger partial charge in [-0.1, -0.05) is 24.3 Å². The summed E-state index contributed by atoms with van der Waals surface area (Å²) in [6, 6.07) is 15.3. The molecule has 1 aliphatic heterocycles. The maximum Gasteiger partial charge on any atom is 0.417 e. The summed E-state index contributed by atoms with van der Waals surface area (Å²) in [7, 11) is 0. The quantitative estimate of drug-likeness (QED) is 0.480. The first-order valence-corrected chi connectivity index (χ1v) is 10.8. The number of pyridine rings is 1. The molecule has 3 aromatic rings. The molecule has 5 nitrogen and oxygen atoms in total. The fraction of sp³-hybridized carbons (Fsp3) is 0.280. The van der Waals surface area contributed by atoms with Gasteiger partial charge in [-0.25, -0.2) is 9.37 Å². The molecule has 0 saturated carbocycles. The van der Waals surface area contributed by atoms with E-state index in [0.717, 1.165) is 17.8 Å². The Balaban J connectivity index is 1.41. The number of anilines is 1. The lowest BCUT2D eigenvalue weighted by molar-refractivity contribution is -0.137. The van der Waals surface area contributed by atoms with Gasteiger partial charge in [-0.2, -0.15) is 13.2 Å². The molecule has 1 aromatic heterocycles. The van der Waals surface area contributed by atoms with Crippen LogP contribution in [0.15, 0.2) is 66.9 Å². The van der Waals surface area contributed by atoms with Gasteiger partial charge in [0.05, 0.1) is 11.1 Å². The number of carbonyl (C=O) groups excluding carboxylic acids is 1. The first kappa shape index (κ1) is 23.5. The minimum Gasteiger partial charge on any atom is -0.488 e. The highest BCUT2D eigenvalue weighted by molar-refractivity contribution is 5.97. The van der Waals surface area contributed by atoms with E-state index in [1.807, 2.05) is 4.90 Å². The molecule has 1 amide bonds. The smallest absolute Gasteiger partial charge is 0.417 e. The van der Waals surface area contributed by atoms with Gasteiger partial charge in [0.1, 0.15) is 24.0 Å². The number of ether oxygens (including phenoxy) is 1. The lowest BCUT2D eigenvalue weighted by atomic mass is 10.1. The van der Waals surface area contributed by atoms with E-state index in [4.69, 9.17) is 4.74 Å². The van der Waals surface area contributed by atoms with Gasteiger partial charge in [0.25, 0.3) is 5.91 Å². The largest absolute Gasteiger partial charge is 0.488 e. The van der Waals surface area contributed by atoms with Gasteiger partial charge >= 0.3 is 6.18 Å². The molecule has 9 heteroatoms. The van der Waals surface area contributed by atoms with Crippen LogP contribution in [0, 0.1) is 5.82 Å². The van der Waals surface area contributed by atoms with Crippen LogP contribution in [0.25, 0.3) is 0 Å². The minimum absolute atomic E-state index is 0.183. The zero-order valence-corrected chi connectivity index (χ0v) is 18.3. The van der Waals surface area contributed by atoms with Gasteiger partial charge in [-0.3, -0.25) is 4.79 Å². The second-order valence-electron chi connectivity index (χ2n) is 7.95. The Bertz CT molecular complexity index is 1120. The highest BCUT2D eigenvalue weighted by atomic mass is 19.4. The average molecular weight is 473 g/mol. The normalized spacial score (nSPS) is 14.6. The monoisotopic (exact) mass is 473 g/mol. The van der Waals surface area contributed by atoms with Crippen molar-refractivity contribution >= 4 is 11.7 Å². The Morgan fingerprint density at radius 2 is 1.71 bits per heavy atom. The van der Waals surface area contributed by atoms with Crippen molar-refractivity contribution in [1.29, 1.82) is 0 Å². The molecule has 2 heterocycles. The first-order valence-electron chi connectivity index (χ1n) is 10.8. The van der Waals surface area contributed by atoms with Crippen LogP contribution in [0.1, 0.15) is 27.9 Å². The third-order valence-electron chi connectivity index (χ3n) is 5.61. The van der Waals surface area contributed by atoms with E-state index in [2.05, 4.69) is 4.98 Å². The van der Waals surface area contributed by atoms with Crippen LogP contribution >= 0.6 is 0 Å². The van der Waals surface area contributed by atoms with Crippen molar-refractivity contribution in [3.8, 4) is 5.75 Å². The maximum absolute atomic E-state index is 13.3. The van der Waals surface area contributed by atoms with Crippen LogP contribution in [0.2, 0.25) is 0 Å². The Hall–Kier alpha value is -3.62. The van der Waals surface area contributed by atoms with Crippen molar-refractivity contribution in [2.45, 2.75) is 19.2 Å². The number of hydrogen-bond donors (Lipinski definition) is 0. The Morgan fingerprint density at radius 3 is 2.41 bits per heavy atom. The molecule has 0 unspecified atom stereocenters. The molecule has 178 valence electrons. The predicted molar refractivity (Wildman–Crippen MR) is 119 cm³/mol. The molecule has 4 rings (SSSR count). The second kappa shape index (κ2) is 10.1. The van der Waals surface area contributed by atoms with Crippen LogP contribution in [0.3, 0.4) is 0 Å². The van der Waals surface area contributed by atoms with Crippen LogP contribution in [-0.4, -0.2) is 42.0 Å². The molecule has 34 heavy (non-hydrogen) atoms. The van der Waals surface area contributed by atoms with Crippen LogP contribution < -0.4 is 9.64 Å². The third-order valence-corrected chi connectivity index (χ3v) is 5.61. The molecule has 1 fully saturated rings. The second-order valence-corrected chi connectivity index (χ2v) is 7.95. The van der Waals surface area contributed by atoms with Gasteiger partial charge in [0, 0.05) is 32.4 Å². The Kier molecular flexibility index (Phi) is 7.00. The lowest BCUT2D eigenvalue weighted by Gasteiger charge is -2.24. The van der Waals surface area contributed by atoms with Crippen LogP contribution in [0.5, 0.6) is 5.75 Å². The number of hydrogen-bond acceptors (Lipinski definition) is 4. The zero-order chi connectivity index (χ0) is 24.1. The summed E-state index contributed by atoms with van der Waals surface area (Å²) in [6.07, 6.45) is -2.95. The van der Waals surface area contributed by atoms with E-state index >= 15 is 0 Å². The number of benzene rings is 2. The fourth-order valence-electron chi connectivity index (χ4n) is 3.77. The van der Waals surface area contributed by atoms with E-state index in [1.54, 1.807) is 41.3 Å². The summed E-state index contributed by atoms with van der Waals surface area (Å²) in [5.41, 5.74) is 0.406. The highest BCUT2D eigenvalue weighted by Crippen LogP contribution is 2.29. The summed E-state index contributed by atoms with van der Waals surface area (Å²) in [4.78, 5) is 20.8. The summed E-state index contributed by atoms with van der Waals surface area (Å²) in [6.45, 7) is 2.11. The highest BCUT2D eigenvalue weighted by Gasteiger charge is 2.31. The molecule has 0 radical (unpaired) electrons. The zero-order valence-electron chi connectivity index (χ0n) is 18.3. The van der Waals surface area contributed by atoms with Gasteiger partial charge in [0.15, 0.2) is 0 Å². The number of rotatable bonds is 5. The van der Waals surface area contributed by atoms with Crippen LogP contribution in [-0.2, 0) is 12.8 Å². The van der Waals surface area contributed by atoms with Crippen molar-refractivity contribution in [3.05, 3.63) is 89.4 Å². The Labute approximate surface area is 194 Å². The molecule has 0 bridgehead atoms. The van der Waals surface area contributed by atoms with Gasteiger partial charge in [-0.15, -0.1) is 0 Å². The Morgan fingerprint density at radius 1 is 0.941 bits per heavy atom. The number of carbonyl (C=O) groups is 1. The van der Waals surface area contributed by atoms with Crippen molar-refractivity contribution in [2.24, 2.45) is 0 Å². The van der Waals surface area contributed by atoms with Crippen LogP contribution in [0.4, 0.5) is 23.4 Å².